The summed E-state index contributed by atoms with van der Waals surface area (Å²) >= 11 is 0. The van der Waals surface area contributed by atoms with Crippen molar-refractivity contribution >= 4 is 0 Å². The van der Waals surface area contributed by atoms with E-state index in [0.717, 1.165) is 17.0 Å². The average Bonchev–Trinajstić information content (AvgIpc) is 2.87. The number of aryl methyl sites for hydroxylation is 1. The van der Waals surface area contributed by atoms with E-state index in [1.165, 1.54) is 24.3 Å². The first kappa shape index (κ1) is 17.5. The smallest absolute Gasteiger partial charge is 0.406 e. The molecule has 0 amide bonds. The van der Waals surface area contributed by atoms with Gasteiger partial charge in [-0.25, -0.2) is 9.67 Å². The Balaban J connectivity index is 1.90. The van der Waals surface area contributed by atoms with Crippen LogP contribution in [0.1, 0.15) is 22.6 Å². The lowest BCUT2D eigenvalue weighted by Crippen LogP contribution is -2.17. The molecule has 2 heterocycles. The second-order valence-corrected chi connectivity index (χ2v) is 5.46. The molecule has 26 heavy (non-hydrogen) atoms. The van der Waals surface area contributed by atoms with Crippen LogP contribution in [-0.2, 0) is 0 Å². The van der Waals surface area contributed by atoms with Gasteiger partial charge in [0.25, 0.3) is 0 Å². The van der Waals surface area contributed by atoms with Gasteiger partial charge >= 0.3 is 6.36 Å². The van der Waals surface area contributed by atoms with Gasteiger partial charge in [0.05, 0.1) is 22.6 Å². The monoisotopic (exact) mass is 357 g/mol. The molecular formula is C19H14F3N3O. The molecule has 0 aliphatic carbocycles. The first-order chi connectivity index (χ1) is 12.3. The van der Waals surface area contributed by atoms with Crippen LogP contribution in [-0.4, -0.2) is 21.1 Å². The van der Waals surface area contributed by atoms with Crippen molar-refractivity contribution < 1.29 is 17.9 Å². The highest BCUT2D eigenvalue weighted by Crippen LogP contribution is 2.24. The summed E-state index contributed by atoms with van der Waals surface area (Å²) < 4.78 is 42.3. The average molecular weight is 357 g/mol. The highest BCUT2D eigenvalue weighted by atomic mass is 19.4. The van der Waals surface area contributed by atoms with Crippen molar-refractivity contribution in [1.29, 1.82) is 0 Å². The maximum absolute atomic E-state index is 12.2. The molecule has 0 aliphatic heterocycles. The minimum absolute atomic E-state index is 0.280. The van der Waals surface area contributed by atoms with Gasteiger partial charge in [0.15, 0.2) is 0 Å². The molecule has 0 spiro atoms. The van der Waals surface area contributed by atoms with Crippen molar-refractivity contribution in [2.45, 2.75) is 20.2 Å². The van der Waals surface area contributed by atoms with E-state index in [4.69, 9.17) is 0 Å². The van der Waals surface area contributed by atoms with Gasteiger partial charge in [0, 0.05) is 6.20 Å². The number of ether oxygens (including phenoxy) is 1. The third kappa shape index (κ3) is 4.03. The zero-order valence-corrected chi connectivity index (χ0v) is 14.0. The van der Waals surface area contributed by atoms with Crippen molar-refractivity contribution in [2.75, 3.05) is 0 Å². The molecule has 0 fully saturated rings. The molecule has 0 atom stereocenters. The second kappa shape index (κ2) is 6.92. The van der Waals surface area contributed by atoms with Crippen molar-refractivity contribution in [1.82, 2.24) is 14.8 Å². The number of hydrogen-bond acceptors (Lipinski definition) is 3. The Labute approximate surface area is 148 Å². The molecular weight excluding hydrogens is 343 g/mol. The lowest BCUT2D eigenvalue weighted by atomic mass is 10.2. The van der Waals surface area contributed by atoms with Crippen molar-refractivity contribution in [3.63, 3.8) is 0 Å². The summed E-state index contributed by atoms with van der Waals surface area (Å²) in [6.07, 6.45) is -3.05. The summed E-state index contributed by atoms with van der Waals surface area (Å²) in [5.74, 6) is 5.76. The minimum atomic E-state index is -4.71. The zero-order valence-electron chi connectivity index (χ0n) is 14.0. The maximum atomic E-state index is 12.2. The van der Waals surface area contributed by atoms with Crippen LogP contribution in [0.2, 0.25) is 0 Å². The van der Waals surface area contributed by atoms with Gasteiger partial charge in [-0.2, -0.15) is 5.10 Å². The molecule has 0 bridgehead atoms. The fraction of sp³-hybridized carbons (Fsp3) is 0.158. The fourth-order valence-corrected chi connectivity index (χ4v) is 2.43. The molecule has 0 radical (unpaired) electrons. The first-order valence-electron chi connectivity index (χ1n) is 7.69. The van der Waals surface area contributed by atoms with Crippen LogP contribution in [0.15, 0.2) is 48.7 Å². The highest BCUT2D eigenvalue weighted by molar-refractivity contribution is 5.48. The second-order valence-electron chi connectivity index (χ2n) is 5.46. The van der Waals surface area contributed by atoms with Crippen LogP contribution in [0.25, 0.3) is 5.69 Å². The summed E-state index contributed by atoms with van der Waals surface area (Å²) in [6, 6.07) is 11.0. The quantitative estimate of drug-likeness (QED) is 0.646. The lowest BCUT2D eigenvalue weighted by molar-refractivity contribution is -0.274. The normalized spacial score (nSPS) is 11.0. The number of halogens is 3. The molecule has 0 aliphatic rings. The van der Waals surface area contributed by atoms with Crippen LogP contribution in [0, 0.1) is 25.7 Å². The third-order valence-electron chi connectivity index (χ3n) is 3.59. The Morgan fingerprint density at radius 1 is 1.00 bits per heavy atom. The van der Waals surface area contributed by atoms with Gasteiger partial charge in [0.1, 0.15) is 11.4 Å². The molecule has 2 aromatic heterocycles. The number of alkyl halides is 3. The maximum Gasteiger partial charge on any atom is 0.573 e. The number of pyridine rings is 1. The van der Waals surface area contributed by atoms with Crippen LogP contribution >= 0.6 is 0 Å². The lowest BCUT2D eigenvalue weighted by Gasteiger charge is -2.10. The molecule has 3 aromatic rings. The van der Waals surface area contributed by atoms with Gasteiger partial charge in [0.2, 0.25) is 0 Å². The first-order valence-corrected chi connectivity index (χ1v) is 7.69. The van der Waals surface area contributed by atoms with E-state index in [0.29, 0.717) is 11.4 Å². The minimum Gasteiger partial charge on any atom is -0.406 e. The van der Waals surface area contributed by atoms with Crippen molar-refractivity contribution in [2.24, 2.45) is 0 Å². The fourth-order valence-electron chi connectivity index (χ4n) is 2.43. The molecule has 7 heteroatoms. The van der Waals surface area contributed by atoms with E-state index in [1.54, 1.807) is 10.9 Å². The highest BCUT2D eigenvalue weighted by Gasteiger charge is 2.31. The van der Waals surface area contributed by atoms with Crippen molar-refractivity contribution in [3.05, 3.63) is 71.3 Å². The van der Waals surface area contributed by atoms with E-state index in [-0.39, 0.29) is 5.75 Å². The Hall–Kier alpha value is -3.27. The Kier molecular flexibility index (Phi) is 4.67. The van der Waals surface area contributed by atoms with Crippen LogP contribution in [0.4, 0.5) is 13.2 Å². The topological polar surface area (TPSA) is 39.9 Å². The summed E-state index contributed by atoms with van der Waals surface area (Å²) in [5.41, 5.74) is 3.53. The van der Waals surface area contributed by atoms with E-state index < -0.39 is 6.36 Å². The Bertz CT molecular complexity index is 965. The predicted octanol–water partition coefficient (Wildman–Crippen LogP) is 4.18. The van der Waals surface area contributed by atoms with Gasteiger partial charge in [-0.15, -0.1) is 13.2 Å². The largest absolute Gasteiger partial charge is 0.573 e. The van der Waals surface area contributed by atoms with Crippen LogP contribution in [0.5, 0.6) is 5.75 Å². The molecule has 132 valence electrons. The molecule has 0 unspecified atom stereocenters. The standard InChI is InChI=1S/C19H14F3N3O/c1-13-18(11-6-15-5-3-4-12-23-15)14(2)25(24-13)16-7-9-17(10-8-16)26-19(20,21)22/h3-5,7-10,12H,1-2H3. The summed E-state index contributed by atoms with van der Waals surface area (Å²) in [7, 11) is 0. The molecule has 0 saturated carbocycles. The molecule has 4 nitrogen and oxygen atoms in total. The molecule has 0 N–H and O–H groups in total. The van der Waals surface area contributed by atoms with Crippen LogP contribution in [0.3, 0.4) is 0 Å². The Morgan fingerprint density at radius 2 is 1.73 bits per heavy atom. The van der Waals surface area contributed by atoms with Crippen LogP contribution < -0.4 is 4.74 Å². The van der Waals surface area contributed by atoms with E-state index in [9.17, 15) is 13.2 Å². The van der Waals surface area contributed by atoms with Gasteiger partial charge in [-0.3, -0.25) is 0 Å². The number of rotatable bonds is 2. The summed E-state index contributed by atoms with van der Waals surface area (Å²) in [5, 5.41) is 4.43. The molecule has 0 saturated heterocycles. The summed E-state index contributed by atoms with van der Waals surface area (Å²) in [6.45, 7) is 3.68. The van der Waals surface area contributed by atoms with E-state index in [1.807, 2.05) is 32.0 Å². The van der Waals surface area contributed by atoms with E-state index >= 15 is 0 Å². The van der Waals surface area contributed by atoms with E-state index in [2.05, 4.69) is 26.7 Å². The zero-order chi connectivity index (χ0) is 18.7. The van der Waals surface area contributed by atoms with Gasteiger partial charge in [-0.1, -0.05) is 12.0 Å². The number of aromatic nitrogens is 3. The molecule has 3 rings (SSSR count). The van der Waals surface area contributed by atoms with Gasteiger partial charge < -0.3 is 4.74 Å². The number of hydrogen-bond donors (Lipinski definition) is 0. The van der Waals surface area contributed by atoms with Gasteiger partial charge in [-0.05, 0) is 56.2 Å². The predicted molar refractivity (Wildman–Crippen MR) is 89.9 cm³/mol. The number of nitrogens with zero attached hydrogens (tertiary/aromatic N) is 3. The molecule has 1 aromatic carbocycles. The SMILES string of the molecule is Cc1nn(-c2ccc(OC(F)(F)F)cc2)c(C)c1C#Cc1ccccn1. The Morgan fingerprint density at radius 3 is 2.35 bits per heavy atom. The van der Waals surface area contributed by atoms with Crippen molar-refractivity contribution in [3.8, 4) is 23.3 Å². The number of benzene rings is 1. The summed E-state index contributed by atoms with van der Waals surface area (Å²) in [4.78, 5) is 4.15. The third-order valence-corrected chi connectivity index (χ3v) is 3.59.